The van der Waals surface area contributed by atoms with Crippen LogP contribution in [-0.4, -0.2) is 58.6 Å². The summed E-state index contributed by atoms with van der Waals surface area (Å²) in [4.78, 5) is 29.3. The molecule has 2 N–H and O–H groups in total. The Labute approximate surface area is 167 Å². The zero-order valence-corrected chi connectivity index (χ0v) is 17.2. The number of carbonyl (C=O) groups excluding carboxylic acids is 2. The number of pyridine rings is 1. The summed E-state index contributed by atoms with van der Waals surface area (Å²) in [6, 6.07) is 3.43. The fraction of sp³-hybridized carbons (Fsp3) is 0.667. The highest BCUT2D eigenvalue weighted by Gasteiger charge is 2.23. The Kier molecular flexibility index (Phi) is 8.23. The molecule has 0 aliphatic carbocycles. The van der Waals surface area contributed by atoms with Gasteiger partial charge in [-0.05, 0) is 78.1 Å². The van der Waals surface area contributed by atoms with Crippen LogP contribution in [0.25, 0.3) is 0 Å². The topological polar surface area (TPSA) is 91.8 Å². The molecule has 0 aromatic carbocycles. The van der Waals surface area contributed by atoms with Gasteiger partial charge in [-0.2, -0.15) is 0 Å². The quantitative estimate of drug-likeness (QED) is 0.522. The van der Waals surface area contributed by atoms with Crippen LogP contribution < -0.4 is 5.32 Å². The number of rotatable bonds is 8. The van der Waals surface area contributed by atoms with Gasteiger partial charge in [0.2, 0.25) is 0 Å². The number of piperidine rings is 1. The Morgan fingerprint density at radius 3 is 2.86 bits per heavy atom. The van der Waals surface area contributed by atoms with E-state index in [1.807, 2.05) is 20.8 Å². The van der Waals surface area contributed by atoms with E-state index in [0.29, 0.717) is 6.29 Å². The largest absolute Gasteiger partial charge is 0.506 e. The average Bonchev–Trinajstić information content (AvgIpc) is 2.61. The molecule has 1 fully saturated rings. The smallest absolute Gasteiger partial charge is 0.407 e. The van der Waals surface area contributed by atoms with E-state index in [1.54, 1.807) is 6.07 Å². The SMILES string of the molecule is CC(C)(C)OC(=O)NC1CCCN(CCCCCc2ccc(O)c(C=O)n2)C1. The van der Waals surface area contributed by atoms with Gasteiger partial charge in [0.1, 0.15) is 17.0 Å². The van der Waals surface area contributed by atoms with Crippen LogP contribution in [0.3, 0.4) is 0 Å². The van der Waals surface area contributed by atoms with Crippen molar-refractivity contribution < 1.29 is 19.4 Å². The van der Waals surface area contributed by atoms with Crippen LogP contribution in [0.1, 0.15) is 69.1 Å². The van der Waals surface area contributed by atoms with Crippen molar-refractivity contribution in [3.63, 3.8) is 0 Å². The molecule has 1 aliphatic heterocycles. The minimum absolute atomic E-state index is 0.0709. The molecule has 2 rings (SSSR count). The number of unbranched alkanes of at least 4 members (excludes halogenated alkanes) is 2. The highest BCUT2D eigenvalue weighted by molar-refractivity contribution is 5.75. The minimum atomic E-state index is -0.475. The summed E-state index contributed by atoms with van der Waals surface area (Å²) in [5.74, 6) is -0.0709. The molecule has 1 aromatic heterocycles. The lowest BCUT2D eigenvalue weighted by Gasteiger charge is -2.33. The number of hydrogen-bond acceptors (Lipinski definition) is 6. The third-order valence-corrected chi connectivity index (χ3v) is 4.71. The van der Waals surface area contributed by atoms with E-state index in [0.717, 1.165) is 63.9 Å². The third kappa shape index (κ3) is 7.84. The second-order valence-corrected chi connectivity index (χ2v) is 8.42. The fourth-order valence-corrected chi connectivity index (χ4v) is 3.40. The predicted molar refractivity (Wildman–Crippen MR) is 108 cm³/mol. The van der Waals surface area contributed by atoms with Gasteiger partial charge in [-0.1, -0.05) is 6.42 Å². The summed E-state index contributed by atoms with van der Waals surface area (Å²) in [5, 5.41) is 12.5. The number of alkyl carbamates (subject to hydrolysis) is 1. The first kappa shape index (κ1) is 22.1. The third-order valence-electron chi connectivity index (χ3n) is 4.71. The lowest BCUT2D eigenvalue weighted by Crippen LogP contribution is -2.49. The molecule has 0 saturated carbocycles. The number of nitrogens with one attached hydrogen (secondary N) is 1. The molecular formula is C21H33N3O4. The van der Waals surface area contributed by atoms with E-state index >= 15 is 0 Å². The van der Waals surface area contributed by atoms with Crippen molar-refractivity contribution in [1.29, 1.82) is 0 Å². The normalized spacial score (nSPS) is 17.9. The molecule has 1 aliphatic rings. The van der Waals surface area contributed by atoms with Gasteiger partial charge >= 0.3 is 6.09 Å². The molecule has 1 atom stereocenters. The number of aromatic nitrogens is 1. The van der Waals surface area contributed by atoms with Crippen LogP contribution in [0, 0.1) is 0 Å². The summed E-state index contributed by atoms with van der Waals surface area (Å²) < 4.78 is 5.34. The molecule has 0 radical (unpaired) electrons. The first-order valence-electron chi connectivity index (χ1n) is 10.1. The van der Waals surface area contributed by atoms with E-state index in [4.69, 9.17) is 4.74 Å². The molecule has 0 bridgehead atoms. The molecule has 1 saturated heterocycles. The van der Waals surface area contributed by atoms with E-state index < -0.39 is 5.60 Å². The second kappa shape index (κ2) is 10.4. The summed E-state index contributed by atoms with van der Waals surface area (Å²) in [5.41, 5.74) is 0.464. The molecule has 1 unspecified atom stereocenters. The molecule has 1 aromatic rings. The minimum Gasteiger partial charge on any atom is -0.506 e. The maximum absolute atomic E-state index is 11.9. The monoisotopic (exact) mass is 391 g/mol. The van der Waals surface area contributed by atoms with Crippen LogP contribution in [0.5, 0.6) is 5.75 Å². The fourth-order valence-electron chi connectivity index (χ4n) is 3.40. The van der Waals surface area contributed by atoms with Crippen LogP contribution in [0.4, 0.5) is 4.79 Å². The van der Waals surface area contributed by atoms with Crippen molar-refractivity contribution in [2.24, 2.45) is 0 Å². The van der Waals surface area contributed by atoms with Gasteiger partial charge < -0.3 is 20.1 Å². The van der Waals surface area contributed by atoms with Gasteiger partial charge in [-0.15, -0.1) is 0 Å². The summed E-state index contributed by atoms with van der Waals surface area (Å²) >= 11 is 0. The number of aldehydes is 1. The number of likely N-dealkylation sites (tertiary alicyclic amines) is 1. The lowest BCUT2D eigenvalue weighted by molar-refractivity contribution is 0.0472. The van der Waals surface area contributed by atoms with E-state index in [1.165, 1.54) is 6.07 Å². The molecular weight excluding hydrogens is 358 g/mol. The molecule has 1 amide bonds. The lowest BCUT2D eigenvalue weighted by atomic mass is 10.0. The van der Waals surface area contributed by atoms with Crippen LogP contribution in [0.2, 0.25) is 0 Å². The first-order chi connectivity index (χ1) is 13.3. The Balaban J connectivity index is 1.65. The van der Waals surface area contributed by atoms with Gasteiger partial charge in [0, 0.05) is 18.3 Å². The zero-order valence-electron chi connectivity index (χ0n) is 17.2. The summed E-state index contributed by atoms with van der Waals surface area (Å²) in [7, 11) is 0. The number of aryl methyl sites for hydroxylation is 1. The highest BCUT2D eigenvalue weighted by Crippen LogP contribution is 2.16. The molecule has 7 nitrogen and oxygen atoms in total. The summed E-state index contributed by atoms with van der Waals surface area (Å²) in [6.45, 7) is 8.54. The van der Waals surface area contributed by atoms with Gasteiger partial charge in [0.25, 0.3) is 0 Å². The van der Waals surface area contributed by atoms with Crippen molar-refractivity contribution in [2.75, 3.05) is 19.6 Å². The number of aromatic hydroxyl groups is 1. The van der Waals surface area contributed by atoms with E-state index in [-0.39, 0.29) is 23.6 Å². The van der Waals surface area contributed by atoms with Gasteiger partial charge in [-0.25, -0.2) is 9.78 Å². The molecule has 28 heavy (non-hydrogen) atoms. The Bertz CT molecular complexity index is 658. The van der Waals surface area contributed by atoms with E-state index in [9.17, 15) is 14.7 Å². The highest BCUT2D eigenvalue weighted by atomic mass is 16.6. The van der Waals surface area contributed by atoms with Crippen LogP contribution in [-0.2, 0) is 11.2 Å². The van der Waals surface area contributed by atoms with Crippen LogP contribution in [0.15, 0.2) is 12.1 Å². The average molecular weight is 392 g/mol. The molecule has 0 spiro atoms. The van der Waals surface area contributed by atoms with Crippen molar-refractivity contribution in [1.82, 2.24) is 15.2 Å². The van der Waals surface area contributed by atoms with Gasteiger partial charge in [-0.3, -0.25) is 4.79 Å². The molecule has 156 valence electrons. The Morgan fingerprint density at radius 2 is 2.14 bits per heavy atom. The first-order valence-corrected chi connectivity index (χ1v) is 10.1. The Hall–Kier alpha value is -2.15. The molecule has 2 heterocycles. The number of amides is 1. The maximum Gasteiger partial charge on any atom is 0.407 e. The van der Waals surface area contributed by atoms with Crippen molar-refractivity contribution in [3.8, 4) is 5.75 Å². The number of hydrogen-bond donors (Lipinski definition) is 2. The van der Waals surface area contributed by atoms with Crippen molar-refractivity contribution >= 4 is 12.4 Å². The van der Waals surface area contributed by atoms with Gasteiger partial charge in [0.15, 0.2) is 6.29 Å². The number of carbonyl (C=O) groups is 2. The van der Waals surface area contributed by atoms with Crippen LogP contribution >= 0.6 is 0 Å². The molecule has 7 heteroatoms. The maximum atomic E-state index is 11.9. The summed E-state index contributed by atoms with van der Waals surface area (Å²) in [6.07, 6.45) is 6.24. The zero-order chi connectivity index (χ0) is 20.6. The number of ether oxygens (including phenoxy) is 1. The van der Waals surface area contributed by atoms with Crippen molar-refractivity contribution in [2.45, 2.75) is 70.9 Å². The standard InChI is InChI=1S/C21H33N3O4/c1-21(2,3)28-20(27)23-17-9-7-13-24(14-17)12-6-4-5-8-16-10-11-19(26)18(15-25)22-16/h10-11,15,17,26H,4-9,12-14H2,1-3H3,(H,23,27). The van der Waals surface area contributed by atoms with Gasteiger partial charge in [0.05, 0.1) is 0 Å². The second-order valence-electron chi connectivity index (χ2n) is 8.42. The predicted octanol–water partition coefficient (Wildman–Crippen LogP) is 3.30. The van der Waals surface area contributed by atoms with E-state index in [2.05, 4.69) is 15.2 Å². The number of nitrogens with zero attached hydrogens (tertiary/aromatic N) is 2. The van der Waals surface area contributed by atoms with Crippen molar-refractivity contribution in [3.05, 3.63) is 23.5 Å². The Morgan fingerprint density at radius 1 is 1.36 bits per heavy atom.